The van der Waals surface area contributed by atoms with E-state index in [9.17, 15) is 0 Å². The standard InChI is InChI=1S/C10H16N2O/c1-8-4-10(6-11-5-8)12-9(2)7-13-3/h4-6,9,12H,7H2,1-3H3. The first-order valence-electron chi connectivity index (χ1n) is 4.39. The van der Waals surface area contributed by atoms with Gasteiger partial charge in [0.05, 0.1) is 12.3 Å². The highest BCUT2D eigenvalue weighted by Gasteiger charge is 2.00. The quantitative estimate of drug-likeness (QED) is 0.767. The zero-order valence-corrected chi connectivity index (χ0v) is 8.37. The lowest BCUT2D eigenvalue weighted by atomic mass is 10.2. The number of hydrogen-bond donors (Lipinski definition) is 1. The number of aryl methyl sites for hydroxylation is 1. The first-order valence-corrected chi connectivity index (χ1v) is 4.39. The Hall–Kier alpha value is -1.09. The fourth-order valence-electron chi connectivity index (χ4n) is 1.21. The van der Waals surface area contributed by atoms with Gasteiger partial charge in [0.25, 0.3) is 0 Å². The van der Waals surface area contributed by atoms with Crippen LogP contribution in [0.3, 0.4) is 0 Å². The Kier molecular flexibility index (Phi) is 3.71. The molecule has 3 nitrogen and oxygen atoms in total. The molecule has 1 rings (SSSR count). The summed E-state index contributed by atoms with van der Waals surface area (Å²) in [6.07, 6.45) is 3.66. The highest BCUT2D eigenvalue weighted by Crippen LogP contribution is 2.08. The molecular weight excluding hydrogens is 164 g/mol. The van der Waals surface area contributed by atoms with Crippen LogP contribution in [0, 0.1) is 6.92 Å². The van der Waals surface area contributed by atoms with Crippen LogP contribution in [0.5, 0.6) is 0 Å². The summed E-state index contributed by atoms with van der Waals surface area (Å²) >= 11 is 0. The monoisotopic (exact) mass is 180 g/mol. The number of hydrogen-bond acceptors (Lipinski definition) is 3. The topological polar surface area (TPSA) is 34.1 Å². The number of methoxy groups -OCH3 is 1. The van der Waals surface area contributed by atoms with Gasteiger partial charge in [0, 0.05) is 25.5 Å². The van der Waals surface area contributed by atoms with Crippen molar-refractivity contribution in [1.29, 1.82) is 0 Å². The minimum Gasteiger partial charge on any atom is -0.383 e. The molecule has 1 aromatic heterocycles. The number of anilines is 1. The van der Waals surface area contributed by atoms with Crippen molar-refractivity contribution in [3.63, 3.8) is 0 Å². The predicted molar refractivity (Wildman–Crippen MR) is 53.9 cm³/mol. The molecule has 13 heavy (non-hydrogen) atoms. The molecule has 0 aromatic carbocycles. The Balaban J connectivity index is 2.53. The van der Waals surface area contributed by atoms with Crippen molar-refractivity contribution in [2.75, 3.05) is 19.0 Å². The number of aromatic nitrogens is 1. The summed E-state index contributed by atoms with van der Waals surface area (Å²) in [4.78, 5) is 4.09. The third-order valence-corrected chi connectivity index (χ3v) is 1.70. The summed E-state index contributed by atoms with van der Waals surface area (Å²) in [5, 5.41) is 3.30. The summed E-state index contributed by atoms with van der Waals surface area (Å²) in [6.45, 7) is 4.80. The number of nitrogens with zero attached hydrogens (tertiary/aromatic N) is 1. The lowest BCUT2D eigenvalue weighted by Gasteiger charge is -2.13. The second-order valence-corrected chi connectivity index (χ2v) is 3.25. The molecule has 0 saturated carbocycles. The fraction of sp³-hybridized carbons (Fsp3) is 0.500. The molecule has 0 fully saturated rings. The Morgan fingerprint density at radius 2 is 2.31 bits per heavy atom. The van der Waals surface area contributed by atoms with Gasteiger partial charge in [-0.25, -0.2) is 0 Å². The van der Waals surface area contributed by atoms with Crippen molar-refractivity contribution in [3.8, 4) is 0 Å². The van der Waals surface area contributed by atoms with Crippen molar-refractivity contribution < 1.29 is 4.74 Å². The van der Waals surface area contributed by atoms with Crippen molar-refractivity contribution >= 4 is 5.69 Å². The van der Waals surface area contributed by atoms with Crippen molar-refractivity contribution in [2.45, 2.75) is 19.9 Å². The maximum atomic E-state index is 5.02. The first-order chi connectivity index (χ1) is 6.22. The van der Waals surface area contributed by atoms with Gasteiger partial charge in [-0.05, 0) is 25.5 Å². The largest absolute Gasteiger partial charge is 0.383 e. The van der Waals surface area contributed by atoms with Gasteiger partial charge in [-0.15, -0.1) is 0 Å². The molecule has 0 radical (unpaired) electrons. The lowest BCUT2D eigenvalue weighted by molar-refractivity contribution is 0.190. The molecule has 1 aromatic rings. The molecule has 0 spiro atoms. The van der Waals surface area contributed by atoms with E-state index >= 15 is 0 Å². The summed E-state index contributed by atoms with van der Waals surface area (Å²) in [7, 11) is 1.70. The summed E-state index contributed by atoms with van der Waals surface area (Å²) in [5.74, 6) is 0. The molecule has 1 unspecified atom stereocenters. The number of nitrogens with one attached hydrogen (secondary N) is 1. The van der Waals surface area contributed by atoms with Crippen LogP contribution in [0.25, 0.3) is 0 Å². The smallest absolute Gasteiger partial charge is 0.0661 e. The van der Waals surface area contributed by atoms with Crippen LogP contribution in [0.1, 0.15) is 12.5 Å². The second-order valence-electron chi connectivity index (χ2n) is 3.25. The van der Waals surface area contributed by atoms with E-state index in [4.69, 9.17) is 4.74 Å². The predicted octanol–water partition coefficient (Wildman–Crippen LogP) is 1.84. The Morgan fingerprint density at radius 3 is 2.92 bits per heavy atom. The number of ether oxygens (including phenoxy) is 1. The molecule has 1 atom stereocenters. The van der Waals surface area contributed by atoms with Crippen LogP contribution in [-0.4, -0.2) is 24.7 Å². The maximum absolute atomic E-state index is 5.02. The highest BCUT2D eigenvalue weighted by atomic mass is 16.5. The van der Waals surface area contributed by atoms with E-state index in [2.05, 4.69) is 23.3 Å². The van der Waals surface area contributed by atoms with Crippen LogP contribution in [-0.2, 0) is 4.74 Å². The summed E-state index contributed by atoms with van der Waals surface area (Å²) in [6, 6.07) is 2.38. The SMILES string of the molecule is COCC(C)Nc1cncc(C)c1. The van der Waals surface area contributed by atoms with Gasteiger partial charge in [-0.3, -0.25) is 4.98 Å². The molecule has 0 amide bonds. The molecule has 72 valence electrons. The minimum atomic E-state index is 0.314. The minimum absolute atomic E-state index is 0.314. The Bertz CT molecular complexity index is 263. The van der Waals surface area contributed by atoms with Crippen LogP contribution >= 0.6 is 0 Å². The molecule has 0 bridgehead atoms. The molecule has 0 saturated heterocycles. The number of pyridine rings is 1. The number of rotatable bonds is 4. The molecule has 0 aliphatic rings. The molecule has 0 aliphatic carbocycles. The van der Waals surface area contributed by atoms with Crippen LogP contribution in [0.15, 0.2) is 18.5 Å². The molecular formula is C10H16N2O. The summed E-state index contributed by atoms with van der Waals surface area (Å²) in [5.41, 5.74) is 2.21. The van der Waals surface area contributed by atoms with E-state index < -0.39 is 0 Å². The van der Waals surface area contributed by atoms with Gasteiger partial charge in [-0.1, -0.05) is 0 Å². The van der Waals surface area contributed by atoms with Crippen molar-refractivity contribution in [2.24, 2.45) is 0 Å². The van der Waals surface area contributed by atoms with E-state index in [0.29, 0.717) is 12.6 Å². The highest BCUT2D eigenvalue weighted by molar-refractivity contribution is 5.43. The molecule has 3 heteroatoms. The summed E-state index contributed by atoms with van der Waals surface area (Å²) < 4.78 is 5.02. The van der Waals surface area contributed by atoms with Gasteiger partial charge >= 0.3 is 0 Å². The molecule has 0 aliphatic heterocycles. The van der Waals surface area contributed by atoms with Crippen LogP contribution in [0.2, 0.25) is 0 Å². The molecule has 1 N–H and O–H groups in total. The second kappa shape index (κ2) is 4.82. The van der Waals surface area contributed by atoms with Gasteiger partial charge < -0.3 is 10.1 Å². The van der Waals surface area contributed by atoms with E-state index in [1.54, 1.807) is 7.11 Å². The Morgan fingerprint density at radius 1 is 1.54 bits per heavy atom. The van der Waals surface area contributed by atoms with E-state index in [1.165, 1.54) is 0 Å². The van der Waals surface area contributed by atoms with Crippen LogP contribution in [0.4, 0.5) is 5.69 Å². The first kappa shape index (κ1) is 9.99. The fourth-order valence-corrected chi connectivity index (χ4v) is 1.21. The zero-order chi connectivity index (χ0) is 9.68. The molecule has 1 heterocycles. The Labute approximate surface area is 79.1 Å². The van der Waals surface area contributed by atoms with Gasteiger partial charge in [0.15, 0.2) is 0 Å². The normalized spacial score (nSPS) is 12.5. The van der Waals surface area contributed by atoms with Crippen molar-refractivity contribution in [1.82, 2.24) is 4.98 Å². The van der Waals surface area contributed by atoms with Crippen molar-refractivity contribution in [3.05, 3.63) is 24.0 Å². The van der Waals surface area contributed by atoms with Gasteiger partial charge in [-0.2, -0.15) is 0 Å². The maximum Gasteiger partial charge on any atom is 0.0661 e. The van der Waals surface area contributed by atoms with Gasteiger partial charge in [0.2, 0.25) is 0 Å². The van der Waals surface area contributed by atoms with E-state index in [1.807, 2.05) is 19.3 Å². The van der Waals surface area contributed by atoms with Gasteiger partial charge in [0.1, 0.15) is 0 Å². The van der Waals surface area contributed by atoms with E-state index in [0.717, 1.165) is 11.3 Å². The lowest BCUT2D eigenvalue weighted by Crippen LogP contribution is -2.20. The third-order valence-electron chi connectivity index (χ3n) is 1.70. The average Bonchev–Trinajstić information content (AvgIpc) is 2.04. The van der Waals surface area contributed by atoms with E-state index in [-0.39, 0.29) is 0 Å². The van der Waals surface area contributed by atoms with Crippen LogP contribution < -0.4 is 5.32 Å². The average molecular weight is 180 g/mol. The zero-order valence-electron chi connectivity index (χ0n) is 8.37. The third kappa shape index (κ3) is 3.42.